The number of hydrogen-bond acceptors (Lipinski definition) is 2. The summed E-state index contributed by atoms with van der Waals surface area (Å²) in [5, 5.41) is 8.55. The second-order valence-corrected chi connectivity index (χ2v) is 4.18. The van der Waals surface area contributed by atoms with Gasteiger partial charge < -0.3 is 4.90 Å². The van der Waals surface area contributed by atoms with Crippen molar-refractivity contribution in [2.24, 2.45) is 0 Å². The molecule has 1 aromatic rings. The van der Waals surface area contributed by atoms with Crippen LogP contribution in [0.25, 0.3) is 0 Å². The number of carbonyl (C=O) groups is 1. The fraction of sp³-hybridized carbons (Fsp3) is 0.385. The zero-order valence-corrected chi connectivity index (χ0v) is 9.89. The number of benzene rings is 1. The Hall–Kier alpha value is -2.02. The highest BCUT2D eigenvalue weighted by atomic mass is 16.2. The predicted octanol–water partition coefficient (Wildman–Crippen LogP) is 2.36. The van der Waals surface area contributed by atoms with Crippen molar-refractivity contribution in [3.8, 4) is 6.07 Å². The molecule has 0 saturated heterocycles. The molecule has 1 aliphatic heterocycles. The third-order valence-corrected chi connectivity index (χ3v) is 2.92. The quantitative estimate of drug-likeness (QED) is 0.747. The normalized spacial score (nSPS) is 14.5. The van der Waals surface area contributed by atoms with Gasteiger partial charge in [0.05, 0.1) is 11.8 Å². The van der Waals surface area contributed by atoms with Gasteiger partial charge in [-0.3, -0.25) is 4.90 Å². The lowest BCUT2D eigenvalue weighted by Gasteiger charge is -2.35. The summed E-state index contributed by atoms with van der Waals surface area (Å²) in [6.07, 6.45) is 1.19. The molecule has 0 aliphatic carbocycles. The molecule has 1 aromatic carbocycles. The van der Waals surface area contributed by atoms with E-state index in [-0.39, 0.29) is 6.03 Å². The van der Waals surface area contributed by atoms with Crippen molar-refractivity contribution in [1.82, 2.24) is 4.90 Å². The van der Waals surface area contributed by atoms with E-state index < -0.39 is 0 Å². The molecule has 0 atom stereocenters. The van der Waals surface area contributed by atoms with Crippen molar-refractivity contribution >= 4 is 11.7 Å². The van der Waals surface area contributed by atoms with Crippen molar-refractivity contribution in [1.29, 1.82) is 5.26 Å². The molecule has 0 spiro atoms. The molecule has 1 aliphatic rings. The Kier molecular flexibility index (Phi) is 3.29. The SMILES string of the molecule is CN1Cc2ccccc2N(CCCC#N)C1=O. The van der Waals surface area contributed by atoms with Crippen LogP contribution in [0.5, 0.6) is 0 Å². The number of unbranched alkanes of at least 4 members (excludes halogenated alkanes) is 1. The van der Waals surface area contributed by atoms with Crippen molar-refractivity contribution < 1.29 is 4.79 Å². The molecule has 2 rings (SSSR count). The van der Waals surface area contributed by atoms with Crippen molar-refractivity contribution in [3.05, 3.63) is 29.8 Å². The number of carbonyl (C=O) groups excluding carboxylic acids is 1. The first-order chi connectivity index (χ1) is 8.24. The van der Waals surface area contributed by atoms with Gasteiger partial charge in [-0.2, -0.15) is 5.26 Å². The molecule has 0 fully saturated rings. The molecular formula is C13H15N3O. The standard InChI is InChI=1S/C13H15N3O/c1-15-10-11-6-2-3-7-12(11)16(13(15)17)9-5-4-8-14/h2-3,6-7H,4-5,9-10H2,1H3. The number of rotatable bonds is 3. The number of urea groups is 1. The maximum Gasteiger partial charge on any atom is 0.324 e. The third-order valence-electron chi connectivity index (χ3n) is 2.92. The monoisotopic (exact) mass is 229 g/mol. The molecule has 0 bridgehead atoms. The molecule has 4 heteroatoms. The van der Waals surface area contributed by atoms with Crippen LogP contribution in [0.1, 0.15) is 18.4 Å². The minimum atomic E-state index is 0.0154. The van der Waals surface area contributed by atoms with Gasteiger partial charge in [0.2, 0.25) is 0 Å². The van der Waals surface area contributed by atoms with Gasteiger partial charge in [-0.1, -0.05) is 18.2 Å². The van der Waals surface area contributed by atoms with Crippen LogP contribution < -0.4 is 4.90 Å². The van der Waals surface area contributed by atoms with E-state index in [1.807, 2.05) is 24.3 Å². The first-order valence-electron chi connectivity index (χ1n) is 5.71. The number of fused-ring (bicyclic) bond motifs is 1. The topological polar surface area (TPSA) is 47.3 Å². The summed E-state index contributed by atoms with van der Waals surface area (Å²) in [5.41, 5.74) is 2.14. The predicted molar refractivity (Wildman–Crippen MR) is 65.5 cm³/mol. The van der Waals surface area contributed by atoms with Gasteiger partial charge in [0.1, 0.15) is 0 Å². The van der Waals surface area contributed by atoms with Gasteiger partial charge in [-0.05, 0) is 18.1 Å². The summed E-state index contributed by atoms with van der Waals surface area (Å²) in [6, 6.07) is 10.0. The molecule has 4 nitrogen and oxygen atoms in total. The molecule has 1 heterocycles. The molecule has 17 heavy (non-hydrogen) atoms. The van der Waals surface area contributed by atoms with Crippen molar-refractivity contribution in [2.75, 3.05) is 18.5 Å². The van der Waals surface area contributed by atoms with Crippen LogP contribution in [0.2, 0.25) is 0 Å². The zero-order valence-electron chi connectivity index (χ0n) is 9.89. The molecule has 0 aromatic heterocycles. The minimum Gasteiger partial charge on any atom is -0.323 e. The van der Waals surface area contributed by atoms with E-state index in [9.17, 15) is 4.79 Å². The van der Waals surface area contributed by atoms with Crippen LogP contribution in [-0.4, -0.2) is 24.5 Å². The van der Waals surface area contributed by atoms with Crippen LogP contribution in [0.4, 0.5) is 10.5 Å². The Labute approximate surface area is 101 Å². The summed E-state index contributed by atoms with van der Waals surface area (Å²) in [7, 11) is 1.80. The first kappa shape index (κ1) is 11.5. The summed E-state index contributed by atoms with van der Waals surface area (Å²) in [4.78, 5) is 15.5. The van der Waals surface area contributed by atoms with Crippen LogP contribution in [0.3, 0.4) is 0 Å². The Morgan fingerprint density at radius 1 is 1.41 bits per heavy atom. The number of anilines is 1. The second-order valence-electron chi connectivity index (χ2n) is 4.18. The van der Waals surface area contributed by atoms with Gasteiger partial charge in [-0.25, -0.2) is 4.79 Å². The van der Waals surface area contributed by atoms with Crippen LogP contribution in [0, 0.1) is 11.3 Å². The van der Waals surface area contributed by atoms with Gasteiger partial charge in [0.25, 0.3) is 0 Å². The lowest BCUT2D eigenvalue weighted by Crippen LogP contribution is -2.45. The maximum absolute atomic E-state index is 12.1. The number of amides is 2. The number of hydrogen-bond donors (Lipinski definition) is 0. The number of nitriles is 1. The largest absolute Gasteiger partial charge is 0.324 e. The fourth-order valence-electron chi connectivity index (χ4n) is 2.07. The highest BCUT2D eigenvalue weighted by Crippen LogP contribution is 2.27. The molecule has 0 unspecified atom stereocenters. The Bertz CT molecular complexity index is 464. The number of nitrogens with zero attached hydrogens (tertiary/aromatic N) is 3. The van der Waals surface area contributed by atoms with E-state index in [1.54, 1.807) is 16.8 Å². The summed E-state index contributed by atoms with van der Waals surface area (Å²) in [5.74, 6) is 0. The van der Waals surface area contributed by atoms with Crippen LogP contribution in [-0.2, 0) is 6.54 Å². The average Bonchev–Trinajstić information content (AvgIpc) is 2.34. The van der Waals surface area contributed by atoms with Gasteiger partial charge in [-0.15, -0.1) is 0 Å². The second kappa shape index (κ2) is 4.88. The van der Waals surface area contributed by atoms with E-state index in [0.717, 1.165) is 11.3 Å². The maximum atomic E-state index is 12.1. The Morgan fingerprint density at radius 3 is 2.94 bits per heavy atom. The van der Waals surface area contributed by atoms with Gasteiger partial charge in [0.15, 0.2) is 0 Å². The van der Waals surface area contributed by atoms with Crippen molar-refractivity contribution in [3.63, 3.8) is 0 Å². The van der Waals surface area contributed by atoms with Crippen LogP contribution in [0.15, 0.2) is 24.3 Å². The molecule has 0 saturated carbocycles. The summed E-state index contributed by atoms with van der Waals surface area (Å²) >= 11 is 0. The highest BCUT2D eigenvalue weighted by molar-refractivity contribution is 5.94. The Morgan fingerprint density at radius 2 is 2.18 bits per heavy atom. The number of para-hydroxylation sites is 1. The first-order valence-corrected chi connectivity index (χ1v) is 5.71. The van der Waals surface area contributed by atoms with Crippen LogP contribution >= 0.6 is 0 Å². The van der Waals surface area contributed by atoms with E-state index >= 15 is 0 Å². The van der Waals surface area contributed by atoms with Gasteiger partial charge >= 0.3 is 6.03 Å². The Balaban J connectivity index is 2.23. The fourth-order valence-corrected chi connectivity index (χ4v) is 2.07. The van der Waals surface area contributed by atoms with E-state index in [1.165, 1.54) is 0 Å². The lowest BCUT2D eigenvalue weighted by molar-refractivity contribution is 0.210. The van der Waals surface area contributed by atoms with Crippen molar-refractivity contribution in [2.45, 2.75) is 19.4 Å². The molecule has 2 amide bonds. The summed E-state index contributed by atoms with van der Waals surface area (Å²) in [6.45, 7) is 1.26. The molecular weight excluding hydrogens is 214 g/mol. The van der Waals surface area contributed by atoms with E-state index in [2.05, 4.69) is 6.07 Å². The summed E-state index contributed by atoms with van der Waals surface area (Å²) < 4.78 is 0. The minimum absolute atomic E-state index is 0.0154. The third kappa shape index (κ3) is 2.23. The molecule has 0 radical (unpaired) electrons. The van der Waals surface area contributed by atoms with E-state index in [4.69, 9.17) is 5.26 Å². The zero-order chi connectivity index (χ0) is 12.3. The lowest BCUT2D eigenvalue weighted by atomic mass is 10.1. The van der Waals surface area contributed by atoms with E-state index in [0.29, 0.717) is 25.9 Å². The smallest absolute Gasteiger partial charge is 0.323 e. The highest BCUT2D eigenvalue weighted by Gasteiger charge is 2.26. The average molecular weight is 229 g/mol. The molecule has 0 N–H and O–H groups in total. The molecule has 88 valence electrons. The van der Waals surface area contributed by atoms with Gasteiger partial charge in [0, 0.05) is 26.6 Å².